The molecule has 18 heavy (non-hydrogen) atoms. The summed E-state index contributed by atoms with van der Waals surface area (Å²) in [5.41, 5.74) is 2.32. The molecule has 0 fully saturated rings. The molecule has 1 unspecified atom stereocenters. The number of benzene rings is 1. The Hall–Kier alpha value is -2.04. The minimum absolute atomic E-state index is 0.461. The van der Waals surface area contributed by atoms with Gasteiger partial charge in [-0.1, -0.05) is 29.8 Å². The lowest BCUT2D eigenvalue weighted by atomic mass is 10.1. The molecule has 0 bridgehead atoms. The fourth-order valence-corrected chi connectivity index (χ4v) is 1.50. The monoisotopic (exact) mass is 250 g/mol. The molecule has 98 valence electrons. The minimum atomic E-state index is -1.05. The highest BCUT2D eigenvalue weighted by atomic mass is 16.4. The summed E-state index contributed by atoms with van der Waals surface area (Å²) in [5, 5.41) is 13.6. The summed E-state index contributed by atoms with van der Waals surface area (Å²) in [7, 11) is 0. The van der Waals surface area contributed by atoms with Crippen molar-refractivity contribution in [2.75, 3.05) is 6.54 Å². The molecule has 0 aromatic heterocycles. The third kappa shape index (κ3) is 4.86. The fraction of sp³-hybridized carbons (Fsp3) is 0.385. The first-order chi connectivity index (χ1) is 8.49. The Labute approximate surface area is 106 Å². The van der Waals surface area contributed by atoms with Crippen molar-refractivity contribution in [2.45, 2.75) is 26.3 Å². The molecule has 0 heterocycles. The van der Waals surface area contributed by atoms with E-state index in [0.717, 1.165) is 12.0 Å². The van der Waals surface area contributed by atoms with Crippen LogP contribution in [0, 0.1) is 6.92 Å². The molecule has 0 saturated carbocycles. The second-order valence-electron chi connectivity index (χ2n) is 4.20. The summed E-state index contributed by atoms with van der Waals surface area (Å²) in [5.74, 6) is -1.05. The van der Waals surface area contributed by atoms with Crippen LogP contribution in [-0.4, -0.2) is 29.7 Å². The number of nitrogens with one attached hydrogen (secondary N) is 2. The van der Waals surface area contributed by atoms with Crippen LogP contribution in [0.4, 0.5) is 4.79 Å². The Morgan fingerprint density at radius 2 is 2.11 bits per heavy atom. The Balaban J connectivity index is 2.29. The number of aryl methyl sites for hydroxylation is 1. The number of urea groups is 1. The number of aliphatic carboxylic acids is 1. The molecule has 3 N–H and O–H groups in total. The second kappa shape index (κ2) is 6.64. The van der Waals surface area contributed by atoms with Crippen LogP contribution >= 0.6 is 0 Å². The molecule has 0 spiro atoms. The molecule has 1 rings (SSSR count). The van der Waals surface area contributed by atoms with Gasteiger partial charge in [-0.2, -0.15) is 0 Å². The number of hydrogen-bond donors (Lipinski definition) is 3. The molecule has 0 saturated heterocycles. The highest BCUT2D eigenvalue weighted by Gasteiger charge is 2.12. The van der Waals surface area contributed by atoms with E-state index in [2.05, 4.69) is 16.7 Å². The molecule has 0 aliphatic heterocycles. The predicted octanol–water partition coefficient (Wildman–Crippen LogP) is 1.31. The van der Waals surface area contributed by atoms with Gasteiger partial charge >= 0.3 is 12.0 Å². The molecule has 0 radical (unpaired) electrons. The van der Waals surface area contributed by atoms with E-state index < -0.39 is 18.0 Å². The highest BCUT2D eigenvalue weighted by molar-refractivity contribution is 5.82. The third-order valence-electron chi connectivity index (χ3n) is 2.50. The quantitative estimate of drug-likeness (QED) is 0.737. The zero-order valence-electron chi connectivity index (χ0n) is 10.6. The maximum Gasteiger partial charge on any atom is 0.325 e. The molecule has 5 nitrogen and oxygen atoms in total. The third-order valence-corrected chi connectivity index (χ3v) is 2.50. The van der Waals surface area contributed by atoms with Gasteiger partial charge in [-0.05, 0) is 25.8 Å². The van der Waals surface area contributed by atoms with E-state index in [1.807, 2.05) is 25.1 Å². The standard InChI is InChI=1S/C13H18N2O3/c1-9-4-3-5-11(8-9)6-7-14-13(18)15-10(2)12(16)17/h3-5,8,10H,6-7H2,1-2H3,(H,16,17)(H2,14,15,18). The number of carbonyl (C=O) groups excluding carboxylic acids is 1. The van der Waals surface area contributed by atoms with Gasteiger partial charge in [0.05, 0.1) is 0 Å². The van der Waals surface area contributed by atoms with Crippen molar-refractivity contribution in [3.63, 3.8) is 0 Å². The summed E-state index contributed by atoms with van der Waals surface area (Å²) < 4.78 is 0. The molecular formula is C13H18N2O3. The van der Waals surface area contributed by atoms with Gasteiger partial charge in [0.15, 0.2) is 0 Å². The van der Waals surface area contributed by atoms with Gasteiger partial charge in [0, 0.05) is 6.54 Å². The van der Waals surface area contributed by atoms with Crippen LogP contribution in [0.5, 0.6) is 0 Å². The smallest absolute Gasteiger partial charge is 0.325 e. The van der Waals surface area contributed by atoms with Gasteiger partial charge < -0.3 is 15.7 Å². The van der Waals surface area contributed by atoms with E-state index in [0.29, 0.717) is 6.54 Å². The number of rotatable bonds is 5. The Bertz CT molecular complexity index is 432. The van der Waals surface area contributed by atoms with Crippen LogP contribution in [0.15, 0.2) is 24.3 Å². The average molecular weight is 250 g/mol. The lowest BCUT2D eigenvalue weighted by Gasteiger charge is -2.10. The van der Waals surface area contributed by atoms with E-state index in [-0.39, 0.29) is 0 Å². The number of carboxylic acid groups (broad SMARTS) is 1. The van der Waals surface area contributed by atoms with Crippen LogP contribution < -0.4 is 10.6 Å². The lowest BCUT2D eigenvalue weighted by Crippen LogP contribution is -2.44. The molecule has 5 heteroatoms. The Kier molecular flexibility index (Phi) is 5.17. The second-order valence-corrected chi connectivity index (χ2v) is 4.20. The van der Waals surface area contributed by atoms with Crippen molar-refractivity contribution < 1.29 is 14.7 Å². The molecular weight excluding hydrogens is 232 g/mol. The van der Waals surface area contributed by atoms with Crippen LogP contribution in [0.1, 0.15) is 18.1 Å². The summed E-state index contributed by atoms with van der Waals surface area (Å²) in [4.78, 5) is 21.9. The van der Waals surface area contributed by atoms with Crippen molar-refractivity contribution in [3.05, 3.63) is 35.4 Å². The van der Waals surface area contributed by atoms with Crippen molar-refractivity contribution >= 4 is 12.0 Å². The number of hydrogen-bond acceptors (Lipinski definition) is 2. The van der Waals surface area contributed by atoms with E-state index in [1.165, 1.54) is 12.5 Å². The zero-order chi connectivity index (χ0) is 13.5. The van der Waals surface area contributed by atoms with Crippen LogP contribution in [-0.2, 0) is 11.2 Å². The molecule has 2 amide bonds. The van der Waals surface area contributed by atoms with Gasteiger partial charge in [-0.25, -0.2) is 4.79 Å². The van der Waals surface area contributed by atoms with Crippen LogP contribution in [0.3, 0.4) is 0 Å². The summed E-state index contributed by atoms with van der Waals surface area (Å²) in [6.45, 7) is 3.91. The topological polar surface area (TPSA) is 78.4 Å². The Morgan fingerprint density at radius 3 is 2.72 bits per heavy atom. The zero-order valence-corrected chi connectivity index (χ0v) is 10.6. The van der Waals surface area contributed by atoms with E-state index in [9.17, 15) is 9.59 Å². The van der Waals surface area contributed by atoms with Crippen LogP contribution in [0.2, 0.25) is 0 Å². The predicted molar refractivity (Wildman–Crippen MR) is 68.5 cm³/mol. The maximum absolute atomic E-state index is 11.3. The highest BCUT2D eigenvalue weighted by Crippen LogP contribution is 2.03. The SMILES string of the molecule is Cc1cccc(CCNC(=O)NC(C)C(=O)O)c1. The van der Waals surface area contributed by atoms with E-state index in [1.54, 1.807) is 0 Å². The Morgan fingerprint density at radius 1 is 1.39 bits per heavy atom. The molecule has 0 aliphatic carbocycles. The first-order valence-corrected chi connectivity index (χ1v) is 5.82. The molecule has 0 aliphatic rings. The normalized spacial score (nSPS) is 11.7. The van der Waals surface area contributed by atoms with Gasteiger partial charge in [0.2, 0.25) is 0 Å². The largest absolute Gasteiger partial charge is 0.480 e. The maximum atomic E-state index is 11.3. The molecule has 1 aromatic rings. The molecule has 1 aromatic carbocycles. The van der Waals surface area contributed by atoms with Crippen molar-refractivity contribution in [3.8, 4) is 0 Å². The number of carbonyl (C=O) groups is 2. The number of carboxylic acids is 1. The molecule has 1 atom stereocenters. The number of amides is 2. The first kappa shape index (κ1) is 14.0. The van der Waals surface area contributed by atoms with Crippen molar-refractivity contribution in [2.24, 2.45) is 0 Å². The summed E-state index contributed by atoms with van der Waals surface area (Å²) in [6.07, 6.45) is 0.719. The average Bonchev–Trinajstić information content (AvgIpc) is 2.28. The van der Waals surface area contributed by atoms with Gasteiger partial charge in [0.1, 0.15) is 6.04 Å². The van der Waals surface area contributed by atoms with E-state index >= 15 is 0 Å². The lowest BCUT2D eigenvalue weighted by molar-refractivity contribution is -0.138. The van der Waals surface area contributed by atoms with Gasteiger partial charge in [-0.3, -0.25) is 4.79 Å². The van der Waals surface area contributed by atoms with Crippen molar-refractivity contribution in [1.82, 2.24) is 10.6 Å². The summed E-state index contributed by atoms with van der Waals surface area (Å²) >= 11 is 0. The first-order valence-electron chi connectivity index (χ1n) is 5.82. The van der Waals surface area contributed by atoms with Crippen molar-refractivity contribution in [1.29, 1.82) is 0 Å². The fourth-order valence-electron chi connectivity index (χ4n) is 1.50. The minimum Gasteiger partial charge on any atom is -0.480 e. The van der Waals surface area contributed by atoms with Gasteiger partial charge in [-0.15, -0.1) is 0 Å². The van der Waals surface area contributed by atoms with E-state index in [4.69, 9.17) is 5.11 Å². The van der Waals surface area contributed by atoms with Crippen LogP contribution in [0.25, 0.3) is 0 Å². The summed E-state index contributed by atoms with van der Waals surface area (Å²) in [6, 6.07) is 6.68. The van der Waals surface area contributed by atoms with Gasteiger partial charge in [0.25, 0.3) is 0 Å².